The van der Waals surface area contributed by atoms with Crippen molar-refractivity contribution in [2.24, 2.45) is 5.10 Å². The summed E-state index contributed by atoms with van der Waals surface area (Å²) >= 11 is 5.01. The fraction of sp³-hybridized carbons (Fsp3) is 0.286. The third-order valence-corrected chi connectivity index (χ3v) is 2.51. The van der Waals surface area contributed by atoms with Gasteiger partial charge in [-0.25, -0.2) is 0 Å². The highest BCUT2D eigenvalue weighted by molar-refractivity contribution is 7.80. The van der Waals surface area contributed by atoms with Crippen molar-refractivity contribution in [3.05, 3.63) is 36.4 Å². The summed E-state index contributed by atoms with van der Waals surface area (Å²) in [6.07, 6.45) is 3.37. The zero-order chi connectivity index (χ0) is 14.8. The first-order valence-corrected chi connectivity index (χ1v) is 6.60. The van der Waals surface area contributed by atoms with E-state index in [4.69, 9.17) is 21.7 Å². The molecule has 0 aliphatic heterocycles. The molecular weight excluding hydrogens is 274 g/mol. The molecule has 5 nitrogen and oxygen atoms in total. The van der Waals surface area contributed by atoms with Crippen LogP contribution in [0, 0.1) is 0 Å². The van der Waals surface area contributed by atoms with Crippen LogP contribution in [0.4, 0.5) is 0 Å². The molecule has 20 heavy (non-hydrogen) atoms. The molecule has 0 amide bonds. The van der Waals surface area contributed by atoms with E-state index < -0.39 is 0 Å². The SMILES string of the molecule is C=CCNC(=S)NN=Cc1ccc(OC)c(OCC)c1. The van der Waals surface area contributed by atoms with E-state index in [0.717, 1.165) is 5.56 Å². The van der Waals surface area contributed by atoms with E-state index in [0.29, 0.717) is 29.8 Å². The summed E-state index contributed by atoms with van der Waals surface area (Å²) in [5.41, 5.74) is 3.60. The number of hydrogen-bond acceptors (Lipinski definition) is 4. The van der Waals surface area contributed by atoms with Crippen molar-refractivity contribution in [2.45, 2.75) is 6.92 Å². The first kappa shape index (κ1) is 16.0. The van der Waals surface area contributed by atoms with Gasteiger partial charge >= 0.3 is 0 Å². The largest absolute Gasteiger partial charge is 0.493 e. The first-order chi connectivity index (χ1) is 9.71. The molecule has 0 aliphatic rings. The number of rotatable bonds is 7. The predicted molar refractivity (Wildman–Crippen MR) is 85.7 cm³/mol. The first-order valence-electron chi connectivity index (χ1n) is 6.19. The Morgan fingerprint density at radius 1 is 1.45 bits per heavy atom. The lowest BCUT2D eigenvalue weighted by molar-refractivity contribution is 0.311. The monoisotopic (exact) mass is 293 g/mol. The van der Waals surface area contributed by atoms with Crippen molar-refractivity contribution < 1.29 is 9.47 Å². The number of ether oxygens (including phenoxy) is 2. The molecule has 0 radical (unpaired) electrons. The molecule has 0 bridgehead atoms. The van der Waals surface area contributed by atoms with Crippen LogP contribution in [0.1, 0.15) is 12.5 Å². The number of hydrazone groups is 1. The molecule has 0 fully saturated rings. The van der Waals surface area contributed by atoms with Crippen molar-refractivity contribution in [3.8, 4) is 11.5 Å². The Balaban J connectivity index is 2.65. The molecule has 108 valence electrons. The number of benzene rings is 1. The minimum absolute atomic E-state index is 0.444. The lowest BCUT2D eigenvalue weighted by atomic mass is 10.2. The Labute approximate surface area is 124 Å². The van der Waals surface area contributed by atoms with Gasteiger partial charge in [-0.05, 0) is 42.9 Å². The highest BCUT2D eigenvalue weighted by Gasteiger charge is 2.03. The van der Waals surface area contributed by atoms with Gasteiger partial charge in [0, 0.05) is 6.54 Å². The Morgan fingerprint density at radius 2 is 2.25 bits per heavy atom. The molecule has 0 spiro atoms. The molecule has 1 rings (SSSR count). The minimum atomic E-state index is 0.444. The summed E-state index contributed by atoms with van der Waals surface area (Å²) < 4.78 is 10.7. The third kappa shape index (κ3) is 5.27. The number of thiocarbonyl (C=S) groups is 1. The topological polar surface area (TPSA) is 54.9 Å². The molecule has 0 aromatic heterocycles. The number of nitrogens with zero attached hydrogens (tertiary/aromatic N) is 1. The summed E-state index contributed by atoms with van der Waals surface area (Å²) in [6.45, 7) is 6.68. The van der Waals surface area contributed by atoms with Gasteiger partial charge in [0.2, 0.25) is 0 Å². The van der Waals surface area contributed by atoms with E-state index in [9.17, 15) is 0 Å². The van der Waals surface area contributed by atoms with Gasteiger partial charge < -0.3 is 14.8 Å². The molecular formula is C14H19N3O2S. The Morgan fingerprint density at radius 3 is 2.90 bits per heavy atom. The lowest BCUT2D eigenvalue weighted by Gasteiger charge is -2.09. The second-order valence-corrected chi connectivity index (χ2v) is 4.12. The fourth-order valence-corrected chi connectivity index (χ4v) is 1.55. The maximum absolute atomic E-state index is 5.49. The Bertz CT molecular complexity index is 489. The van der Waals surface area contributed by atoms with Gasteiger partial charge in [-0.15, -0.1) is 6.58 Å². The molecule has 6 heteroatoms. The average Bonchev–Trinajstić information content (AvgIpc) is 2.46. The molecule has 0 saturated heterocycles. The maximum atomic E-state index is 5.49. The molecule has 0 atom stereocenters. The molecule has 1 aromatic rings. The van der Waals surface area contributed by atoms with Crippen molar-refractivity contribution in [2.75, 3.05) is 20.3 Å². The summed E-state index contributed by atoms with van der Waals surface area (Å²) in [4.78, 5) is 0. The smallest absolute Gasteiger partial charge is 0.187 e. The van der Waals surface area contributed by atoms with Crippen LogP contribution in [-0.4, -0.2) is 31.6 Å². The van der Waals surface area contributed by atoms with Crippen LogP contribution in [0.3, 0.4) is 0 Å². The molecule has 1 aromatic carbocycles. The van der Waals surface area contributed by atoms with Crippen molar-refractivity contribution >= 4 is 23.5 Å². The van der Waals surface area contributed by atoms with Gasteiger partial charge in [0.15, 0.2) is 16.6 Å². The second kappa shape index (κ2) is 8.92. The van der Waals surface area contributed by atoms with Gasteiger partial charge in [-0.1, -0.05) is 6.08 Å². The van der Waals surface area contributed by atoms with E-state index >= 15 is 0 Å². The van der Waals surface area contributed by atoms with Crippen molar-refractivity contribution in [3.63, 3.8) is 0 Å². The lowest BCUT2D eigenvalue weighted by Crippen LogP contribution is -2.31. The van der Waals surface area contributed by atoms with Gasteiger partial charge in [0.25, 0.3) is 0 Å². The number of nitrogens with one attached hydrogen (secondary N) is 2. The van der Waals surface area contributed by atoms with E-state index in [1.54, 1.807) is 19.4 Å². The van der Waals surface area contributed by atoms with Gasteiger partial charge in [0.05, 0.1) is 19.9 Å². The molecule has 2 N–H and O–H groups in total. The van der Waals surface area contributed by atoms with E-state index in [-0.39, 0.29) is 0 Å². The minimum Gasteiger partial charge on any atom is -0.493 e. The quantitative estimate of drug-likeness (QED) is 0.349. The van der Waals surface area contributed by atoms with E-state index in [1.807, 2.05) is 25.1 Å². The highest BCUT2D eigenvalue weighted by atomic mass is 32.1. The van der Waals surface area contributed by atoms with Crippen LogP contribution in [0.5, 0.6) is 11.5 Å². The standard InChI is InChI=1S/C14H19N3O2S/c1-4-8-15-14(20)17-16-10-11-6-7-12(18-3)13(9-11)19-5-2/h4,6-7,9-10H,1,5,8H2,2-3H3,(H2,15,17,20). The van der Waals surface area contributed by atoms with E-state index in [2.05, 4.69) is 22.4 Å². The van der Waals surface area contributed by atoms with Gasteiger partial charge in [0.1, 0.15) is 0 Å². The maximum Gasteiger partial charge on any atom is 0.187 e. The predicted octanol–water partition coefficient (Wildman–Crippen LogP) is 2.08. The van der Waals surface area contributed by atoms with Crippen LogP contribution in [0.15, 0.2) is 36.0 Å². The normalized spacial score (nSPS) is 10.1. The highest BCUT2D eigenvalue weighted by Crippen LogP contribution is 2.27. The molecule has 0 saturated carbocycles. The number of hydrogen-bond donors (Lipinski definition) is 2. The second-order valence-electron chi connectivity index (χ2n) is 3.71. The van der Waals surface area contributed by atoms with Crippen molar-refractivity contribution in [1.29, 1.82) is 0 Å². The fourth-order valence-electron chi connectivity index (χ4n) is 1.41. The summed E-state index contributed by atoms with van der Waals surface area (Å²) in [5.74, 6) is 1.38. The van der Waals surface area contributed by atoms with Crippen molar-refractivity contribution in [1.82, 2.24) is 10.7 Å². The Kier molecular flexibility index (Phi) is 7.13. The van der Waals surface area contributed by atoms with Crippen LogP contribution < -0.4 is 20.2 Å². The average molecular weight is 293 g/mol. The summed E-state index contributed by atoms with van der Waals surface area (Å²) in [5, 5.41) is 7.40. The Hall–Kier alpha value is -2.08. The molecule has 0 aliphatic carbocycles. The van der Waals surface area contributed by atoms with Crippen LogP contribution in [0.25, 0.3) is 0 Å². The molecule has 0 heterocycles. The summed E-state index contributed by atoms with van der Waals surface area (Å²) in [6, 6.07) is 5.57. The number of methoxy groups -OCH3 is 1. The van der Waals surface area contributed by atoms with E-state index in [1.165, 1.54) is 0 Å². The zero-order valence-electron chi connectivity index (χ0n) is 11.7. The van der Waals surface area contributed by atoms with Crippen LogP contribution in [0.2, 0.25) is 0 Å². The van der Waals surface area contributed by atoms with Gasteiger partial charge in [-0.2, -0.15) is 5.10 Å². The zero-order valence-corrected chi connectivity index (χ0v) is 12.5. The van der Waals surface area contributed by atoms with Crippen LogP contribution >= 0.6 is 12.2 Å². The molecule has 0 unspecified atom stereocenters. The third-order valence-electron chi connectivity index (χ3n) is 2.27. The van der Waals surface area contributed by atoms with Crippen LogP contribution in [-0.2, 0) is 0 Å². The van der Waals surface area contributed by atoms with Gasteiger partial charge in [-0.3, -0.25) is 5.43 Å². The summed E-state index contributed by atoms with van der Waals surface area (Å²) in [7, 11) is 1.61.